The molecule has 4 heteroatoms. The number of hydrogen-bond acceptors (Lipinski definition) is 2. The number of nitrogens with zero attached hydrogens (tertiary/aromatic N) is 2. The van der Waals surface area contributed by atoms with E-state index < -0.39 is 7.49 Å². The third-order valence-corrected chi connectivity index (χ3v) is 12.2. The number of pyridine rings is 1. The molecule has 0 amide bonds. The number of fused-ring (bicyclic) bond motifs is 5. The van der Waals surface area contributed by atoms with Crippen molar-refractivity contribution in [3.8, 4) is 16.9 Å². The van der Waals surface area contributed by atoms with Gasteiger partial charge in [-0.1, -0.05) is 0 Å². The fourth-order valence-corrected chi connectivity index (χ4v) is 9.86. The molecule has 8 rings (SSSR count). The summed E-state index contributed by atoms with van der Waals surface area (Å²) in [5, 5.41) is 6.52. The molecule has 0 unspecified atom stereocenters. The van der Waals surface area contributed by atoms with Crippen LogP contribution >= 0.6 is 7.49 Å². The Labute approximate surface area is 251 Å². The van der Waals surface area contributed by atoms with Crippen molar-refractivity contribution >= 4 is 50.8 Å². The first-order valence-corrected chi connectivity index (χ1v) is 16.8. The maximum atomic E-state index is 12.8. The third kappa shape index (κ3) is 4.16. The van der Waals surface area contributed by atoms with Gasteiger partial charge in [-0.25, -0.2) is 0 Å². The van der Waals surface area contributed by atoms with Crippen molar-refractivity contribution in [2.24, 2.45) is 0 Å². The van der Waals surface area contributed by atoms with Crippen LogP contribution < -0.4 is 10.6 Å². The molecule has 0 saturated carbocycles. The molecular formula is C39H31N2OP. The van der Waals surface area contributed by atoms with E-state index in [9.17, 15) is 4.89 Å². The molecular weight excluding hydrogens is 543 g/mol. The molecule has 3 nitrogen and oxygen atoms in total. The van der Waals surface area contributed by atoms with E-state index in [0.29, 0.717) is 0 Å². The van der Waals surface area contributed by atoms with Gasteiger partial charge in [0.1, 0.15) is 0 Å². The number of rotatable bonds is 5. The van der Waals surface area contributed by atoms with Crippen LogP contribution in [0.2, 0.25) is 0 Å². The van der Waals surface area contributed by atoms with Crippen LogP contribution in [0, 0.1) is 0 Å². The van der Waals surface area contributed by atoms with Crippen molar-refractivity contribution in [1.82, 2.24) is 9.55 Å². The molecule has 2 aromatic heterocycles. The van der Waals surface area contributed by atoms with E-state index >= 15 is 0 Å². The summed E-state index contributed by atoms with van der Waals surface area (Å²) >= 11 is 0. The fourth-order valence-electron chi connectivity index (χ4n) is 6.69. The summed E-state index contributed by atoms with van der Waals surface area (Å²) in [6.45, 7) is 0. The molecule has 0 aliphatic heterocycles. The average molecular weight is 575 g/mol. The van der Waals surface area contributed by atoms with E-state index in [4.69, 9.17) is 4.98 Å². The van der Waals surface area contributed by atoms with Gasteiger partial charge in [0.15, 0.2) is 0 Å². The summed E-state index contributed by atoms with van der Waals surface area (Å²) in [5.41, 5.74) is 6.21. The van der Waals surface area contributed by atoms with E-state index in [2.05, 4.69) is 132 Å². The molecule has 0 bridgehead atoms. The number of aromatic nitrogens is 2. The zero-order valence-electron chi connectivity index (χ0n) is 23.7. The van der Waals surface area contributed by atoms with Crippen LogP contribution in [0.1, 0.15) is 12.8 Å². The van der Waals surface area contributed by atoms with Crippen LogP contribution in [0.15, 0.2) is 157 Å². The topological polar surface area (TPSA) is 38.0 Å². The summed E-state index contributed by atoms with van der Waals surface area (Å²) in [6.07, 6.45) is 8.51. The van der Waals surface area contributed by atoms with Gasteiger partial charge in [0.05, 0.1) is 0 Å². The molecule has 0 saturated heterocycles. The monoisotopic (exact) mass is 574 g/mol. The molecule has 1 aliphatic carbocycles. The van der Waals surface area contributed by atoms with Crippen molar-refractivity contribution in [2.75, 3.05) is 0 Å². The van der Waals surface area contributed by atoms with Gasteiger partial charge in [-0.2, -0.15) is 0 Å². The average Bonchev–Trinajstić information content (AvgIpc) is 3.44. The van der Waals surface area contributed by atoms with Crippen molar-refractivity contribution in [2.45, 2.75) is 12.8 Å². The zero-order chi connectivity index (χ0) is 28.8. The van der Waals surface area contributed by atoms with Crippen molar-refractivity contribution in [1.29, 1.82) is 0 Å². The van der Waals surface area contributed by atoms with Crippen molar-refractivity contribution in [3.05, 3.63) is 157 Å². The quantitative estimate of drug-likeness (QED) is 0.209. The van der Waals surface area contributed by atoms with Gasteiger partial charge in [0.25, 0.3) is 0 Å². The Kier molecular flexibility index (Phi) is 6.30. The maximum absolute atomic E-state index is 12.8. The Bertz CT molecular complexity index is 2200. The second-order valence-electron chi connectivity index (χ2n) is 11.2. The predicted molar refractivity (Wildman–Crippen MR) is 184 cm³/mol. The Morgan fingerprint density at radius 1 is 0.651 bits per heavy atom. The van der Waals surface area contributed by atoms with Gasteiger partial charge in [0.2, 0.25) is 0 Å². The van der Waals surface area contributed by atoms with E-state index in [1.807, 2.05) is 24.3 Å². The third-order valence-electron chi connectivity index (χ3n) is 8.68. The van der Waals surface area contributed by atoms with Crippen molar-refractivity contribution < 1.29 is 4.89 Å². The fraction of sp³-hybridized carbons (Fsp3) is 0.0513. The first kappa shape index (κ1) is 25.9. The van der Waals surface area contributed by atoms with Crippen LogP contribution in [-0.2, 0) is 0 Å². The molecule has 0 radical (unpaired) electrons. The van der Waals surface area contributed by atoms with E-state index in [1.54, 1.807) is 0 Å². The van der Waals surface area contributed by atoms with Gasteiger partial charge in [-0.15, -0.1) is 0 Å². The van der Waals surface area contributed by atoms with E-state index in [0.717, 1.165) is 67.6 Å². The number of benzene rings is 5. The summed E-state index contributed by atoms with van der Waals surface area (Å²) in [4.78, 5) is 18.1. The Balaban J connectivity index is 1.47. The summed E-state index contributed by atoms with van der Waals surface area (Å²) in [5.74, 6) is 0. The normalized spacial score (nSPS) is 13.9. The molecule has 5 aromatic carbocycles. The Morgan fingerprint density at radius 2 is 1.35 bits per heavy atom. The summed E-state index contributed by atoms with van der Waals surface area (Å²) in [6, 6.07) is 46.3. The first-order chi connectivity index (χ1) is 21.2. The molecule has 0 fully saturated rings. The molecule has 1 aliphatic rings. The predicted octanol–water partition coefficient (Wildman–Crippen LogP) is 8.84. The molecule has 7 aromatic rings. The van der Waals surface area contributed by atoms with Crippen LogP contribution in [0.25, 0.3) is 49.7 Å². The van der Waals surface area contributed by atoms with Crippen LogP contribution in [0.4, 0.5) is 0 Å². The summed E-state index contributed by atoms with van der Waals surface area (Å²) in [7, 11) is -3.26. The summed E-state index contributed by atoms with van der Waals surface area (Å²) < 4.78 is 2.35. The molecule has 0 atom stereocenters. The van der Waals surface area contributed by atoms with Gasteiger partial charge in [0, 0.05) is 0 Å². The molecule has 2 heterocycles. The molecule has 0 spiro atoms. The van der Waals surface area contributed by atoms with Gasteiger partial charge < -0.3 is 0 Å². The molecule has 43 heavy (non-hydrogen) atoms. The zero-order valence-corrected chi connectivity index (χ0v) is 24.7. The second kappa shape index (κ2) is 10.5. The SMILES string of the molecule is O[PH](C1=CCCC=C1)(c1ccccc1)c1cccc(-n2c3ccccc3c3c4ccccc4nc(-c4ccccc4)c32)c1. The van der Waals surface area contributed by atoms with Crippen LogP contribution in [-0.4, -0.2) is 14.4 Å². The van der Waals surface area contributed by atoms with E-state index in [1.165, 1.54) is 10.8 Å². The molecule has 208 valence electrons. The van der Waals surface area contributed by atoms with Crippen LogP contribution in [0.5, 0.6) is 0 Å². The van der Waals surface area contributed by atoms with Gasteiger partial charge >= 0.3 is 252 Å². The minimum atomic E-state index is -3.26. The standard InChI is InChI=1S/C39H31N2OP/c42-43(30-18-6-2-7-19-30,31-20-8-3-9-21-31)32-22-14-17-29(27-32)41-36-26-13-11-24-34(36)37-33-23-10-12-25-35(33)40-38(39(37)41)28-15-4-1-5-16-28/h1-2,4-8,10-27,42-43H,3,9H2. The molecule has 1 N–H and O–H groups in total. The van der Waals surface area contributed by atoms with E-state index in [-0.39, 0.29) is 0 Å². The number of para-hydroxylation sites is 2. The number of hydrogen-bond donors (Lipinski definition) is 1. The van der Waals surface area contributed by atoms with Crippen LogP contribution in [0.3, 0.4) is 0 Å². The Hall–Kier alpha value is -4.82. The second-order valence-corrected chi connectivity index (χ2v) is 14.3. The number of allylic oxidation sites excluding steroid dienone is 4. The van der Waals surface area contributed by atoms with Crippen molar-refractivity contribution in [3.63, 3.8) is 0 Å². The first-order valence-electron chi connectivity index (χ1n) is 14.9. The Morgan fingerprint density at radius 3 is 2.14 bits per heavy atom. The van der Waals surface area contributed by atoms with Gasteiger partial charge in [-0.05, 0) is 0 Å². The van der Waals surface area contributed by atoms with Gasteiger partial charge in [-0.3, -0.25) is 0 Å². The minimum absolute atomic E-state index is 0.944.